The van der Waals surface area contributed by atoms with E-state index in [1.807, 2.05) is 0 Å². The van der Waals surface area contributed by atoms with Gasteiger partial charge in [-0.05, 0) is 81.0 Å². The highest BCUT2D eigenvalue weighted by Crippen LogP contribution is 2.76. The number of hydrogen-bond donors (Lipinski definition) is 2. The van der Waals surface area contributed by atoms with Crippen LogP contribution in [0.1, 0.15) is 65.7 Å². The molecule has 2 bridgehead atoms. The van der Waals surface area contributed by atoms with Crippen molar-refractivity contribution in [3.8, 4) is 0 Å². The van der Waals surface area contributed by atoms with Gasteiger partial charge in [-0.2, -0.15) is 0 Å². The SMILES string of the molecule is C[C@@H]1C[C@H](O)C[C@@]2(Br)[C@]13CO[C@@]2(C)C[C@H]1[C@@H]2CC[C@H](O)[C@@]2(C)CC[C@@H]13. The molecule has 5 fully saturated rings. The topological polar surface area (TPSA) is 49.7 Å². The molecule has 3 nitrogen and oxygen atoms in total. The Kier molecular flexibility index (Phi) is 3.52. The van der Waals surface area contributed by atoms with Gasteiger partial charge >= 0.3 is 0 Å². The molecule has 4 heteroatoms. The van der Waals surface area contributed by atoms with Gasteiger partial charge in [-0.3, -0.25) is 0 Å². The summed E-state index contributed by atoms with van der Waals surface area (Å²) in [6.07, 6.45) is 6.98. The van der Waals surface area contributed by atoms with Crippen molar-refractivity contribution in [1.29, 1.82) is 0 Å². The Morgan fingerprint density at radius 3 is 2.56 bits per heavy atom. The first kappa shape index (κ1) is 17.5. The molecule has 5 rings (SSSR count). The predicted octanol–water partition coefficient (Wildman–Crippen LogP) is 3.89. The second-order valence-corrected chi connectivity index (χ2v) is 11.9. The van der Waals surface area contributed by atoms with Gasteiger partial charge in [-0.1, -0.05) is 29.8 Å². The first-order valence-corrected chi connectivity index (χ1v) is 11.2. The zero-order valence-corrected chi connectivity index (χ0v) is 17.4. The molecule has 142 valence electrons. The van der Waals surface area contributed by atoms with Crippen molar-refractivity contribution in [2.75, 3.05) is 6.61 Å². The lowest BCUT2D eigenvalue weighted by Gasteiger charge is -2.66. The van der Waals surface area contributed by atoms with Crippen LogP contribution in [0.5, 0.6) is 0 Å². The van der Waals surface area contributed by atoms with Crippen LogP contribution in [0.25, 0.3) is 0 Å². The predicted molar refractivity (Wildman–Crippen MR) is 101 cm³/mol. The minimum absolute atomic E-state index is 0.101. The van der Waals surface area contributed by atoms with E-state index in [2.05, 4.69) is 36.7 Å². The summed E-state index contributed by atoms with van der Waals surface area (Å²) in [5.74, 6) is 2.43. The Bertz CT molecular complexity index is 598. The van der Waals surface area contributed by atoms with E-state index in [0.717, 1.165) is 38.7 Å². The molecule has 5 aliphatic rings. The van der Waals surface area contributed by atoms with Crippen molar-refractivity contribution in [2.24, 2.45) is 34.5 Å². The van der Waals surface area contributed by atoms with Crippen LogP contribution in [0.4, 0.5) is 0 Å². The summed E-state index contributed by atoms with van der Waals surface area (Å²) in [4.78, 5) is 0. The Morgan fingerprint density at radius 2 is 1.80 bits per heavy atom. The highest BCUT2D eigenvalue weighted by molar-refractivity contribution is 9.10. The summed E-state index contributed by atoms with van der Waals surface area (Å²) in [6, 6.07) is 0. The van der Waals surface area contributed by atoms with Crippen LogP contribution in [0.2, 0.25) is 0 Å². The molecule has 4 aliphatic carbocycles. The highest BCUT2D eigenvalue weighted by Gasteiger charge is 2.77. The number of aliphatic hydroxyl groups excluding tert-OH is 2. The fraction of sp³-hybridized carbons (Fsp3) is 1.00. The van der Waals surface area contributed by atoms with E-state index in [9.17, 15) is 10.2 Å². The minimum atomic E-state index is -0.220. The van der Waals surface area contributed by atoms with Crippen molar-refractivity contribution in [3.05, 3.63) is 0 Å². The number of aliphatic hydroxyl groups is 2. The summed E-state index contributed by atoms with van der Waals surface area (Å²) in [7, 11) is 0. The first-order valence-electron chi connectivity index (χ1n) is 10.4. The molecule has 1 aliphatic heterocycles. The van der Waals surface area contributed by atoms with E-state index in [0.29, 0.717) is 23.7 Å². The maximum absolute atomic E-state index is 10.7. The van der Waals surface area contributed by atoms with Crippen LogP contribution in [-0.2, 0) is 4.74 Å². The Morgan fingerprint density at radius 1 is 1.04 bits per heavy atom. The number of fused-ring (bicyclic) bond motifs is 3. The highest BCUT2D eigenvalue weighted by atomic mass is 79.9. The third-order valence-corrected chi connectivity index (χ3v) is 11.8. The van der Waals surface area contributed by atoms with Crippen LogP contribution in [-0.4, -0.2) is 39.0 Å². The summed E-state index contributed by atoms with van der Waals surface area (Å²) in [5, 5.41) is 21.2. The smallest absolute Gasteiger partial charge is 0.0817 e. The molecule has 0 aromatic rings. The summed E-state index contributed by atoms with van der Waals surface area (Å²) in [5.41, 5.74) is 0.0473. The van der Waals surface area contributed by atoms with E-state index in [4.69, 9.17) is 4.74 Å². The van der Waals surface area contributed by atoms with Gasteiger partial charge < -0.3 is 14.9 Å². The van der Waals surface area contributed by atoms with E-state index >= 15 is 0 Å². The summed E-state index contributed by atoms with van der Waals surface area (Å²) >= 11 is 4.22. The van der Waals surface area contributed by atoms with E-state index in [-0.39, 0.29) is 33.0 Å². The molecule has 1 saturated heterocycles. The molecule has 1 heterocycles. The molecule has 4 saturated carbocycles. The molecule has 0 amide bonds. The largest absolute Gasteiger partial charge is 0.393 e. The standard InChI is InChI=1S/C21H33BrO3/c1-12-8-13(23)9-21(22)19(3)10-14-15-4-5-17(24)18(15,2)7-6-16(14)20(12,21)11-25-19/h12-17,23-24H,4-11H2,1-3H3/t12-,13+,14+,15+,16+,17+,18+,19+,20-,21+/m1/s1. The van der Waals surface area contributed by atoms with Crippen molar-refractivity contribution in [2.45, 2.75) is 87.9 Å². The van der Waals surface area contributed by atoms with Crippen LogP contribution in [0, 0.1) is 34.5 Å². The van der Waals surface area contributed by atoms with E-state index < -0.39 is 0 Å². The van der Waals surface area contributed by atoms with Crippen molar-refractivity contribution < 1.29 is 14.9 Å². The average molecular weight is 413 g/mol. The van der Waals surface area contributed by atoms with Crippen LogP contribution >= 0.6 is 15.9 Å². The first-order chi connectivity index (χ1) is 11.7. The normalized spacial score (nSPS) is 66.0. The zero-order chi connectivity index (χ0) is 17.8. The molecular weight excluding hydrogens is 380 g/mol. The Hall–Kier alpha value is 0.360. The maximum atomic E-state index is 10.7. The Balaban J connectivity index is 1.62. The Labute approximate surface area is 160 Å². The van der Waals surface area contributed by atoms with Gasteiger partial charge in [0, 0.05) is 5.41 Å². The number of ether oxygens (including phenoxy) is 1. The second-order valence-electron chi connectivity index (χ2n) is 10.6. The zero-order valence-electron chi connectivity index (χ0n) is 15.8. The van der Waals surface area contributed by atoms with Gasteiger partial charge in [0.15, 0.2) is 0 Å². The molecule has 10 atom stereocenters. The lowest BCUT2D eigenvalue weighted by molar-refractivity contribution is -0.149. The van der Waals surface area contributed by atoms with Crippen LogP contribution in [0.3, 0.4) is 0 Å². The number of halogens is 1. The molecule has 25 heavy (non-hydrogen) atoms. The molecule has 0 radical (unpaired) electrons. The maximum Gasteiger partial charge on any atom is 0.0817 e. The van der Waals surface area contributed by atoms with Gasteiger partial charge in [-0.25, -0.2) is 0 Å². The van der Waals surface area contributed by atoms with Gasteiger partial charge in [0.1, 0.15) is 0 Å². The summed E-state index contributed by atoms with van der Waals surface area (Å²) < 4.78 is 6.50. The summed E-state index contributed by atoms with van der Waals surface area (Å²) in [6.45, 7) is 7.84. The quantitative estimate of drug-likeness (QED) is 0.593. The second kappa shape index (κ2) is 5.04. The van der Waals surface area contributed by atoms with Crippen LogP contribution in [0.15, 0.2) is 0 Å². The number of hydrogen-bond acceptors (Lipinski definition) is 3. The van der Waals surface area contributed by atoms with E-state index in [1.165, 1.54) is 12.8 Å². The van der Waals surface area contributed by atoms with Crippen molar-refractivity contribution in [1.82, 2.24) is 0 Å². The molecule has 0 aromatic heterocycles. The molecule has 2 N–H and O–H groups in total. The van der Waals surface area contributed by atoms with Crippen molar-refractivity contribution in [3.63, 3.8) is 0 Å². The van der Waals surface area contributed by atoms with Gasteiger partial charge in [0.05, 0.1) is 28.7 Å². The molecule has 0 aromatic carbocycles. The van der Waals surface area contributed by atoms with Gasteiger partial charge in [0.25, 0.3) is 0 Å². The third kappa shape index (κ3) is 1.80. The van der Waals surface area contributed by atoms with Gasteiger partial charge in [0.2, 0.25) is 0 Å². The lowest BCUT2D eigenvalue weighted by atomic mass is 9.41. The monoisotopic (exact) mass is 412 g/mol. The fourth-order valence-electron chi connectivity index (χ4n) is 8.59. The molecule has 0 spiro atoms. The number of rotatable bonds is 0. The minimum Gasteiger partial charge on any atom is -0.393 e. The lowest BCUT2D eigenvalue weighted by Crippen LogP contribution is -2.69. The molecular formula is C21H33BrO3. The van der Waals surface area contributed by atoms with Crippen LogP contribution < -0.4 is 0 Å². The van der Waals surface area contributed by atoms with E-state index in [1.54, 1.807) is 0 Å². The van der Waals surface area contributed by atoms with Crippen molar-refractivity contribution >= 4 is 15.9 Å². The molecule has 0 unspecified atom stereocenters. The average Bonchev–Trinajstić information content (AvgIpc) is 2.88. The number of alkyl halides is 1. The third-order valence-electron chi connectivity index (χ3n) is 9.90. The van der Waals surface area contributed by atoms with Gasteiger partial charge in [-0.15, -0.1) is 0 Å². The fourth-order valence-corrected chi connectivity index (χ4v) is 10.0.